The van der Waals surface area contributed by atoms with Crippen LogP contribution in [0.2, 0.25) is 0 Å². The Kier molecular flexibility index (Phi) is 7.20. The first-order valence-corrected chi connectivity index (χ1v) is 14.6. The molecule has 1 saturated carbocycles. The molecule has 0 aromatic carbocycles. The van der Waals surface area contributed by atoms with E-state index < -0.39 is 23.7 Å². The van der Waals surface area contributed by atoms with E-state index in [-0.39, 0.29) is 43.4 Å². The molecule has 0 unspecified atom stereocenters. The summed E-state index contributed by atoms with van der Waals surface area (Å²) >= 11 is 0. The number of nitrogens with one attached hydrogen (secondary N) is 1. The predicted molar refractivity (Wildman–Crippen MR) is 149 cm³/mol. The topological polar surface area (TPSA) is 125 Å². The van der Waals surface area contributed by atoms with Crippen LogP contribution in [0.1, 0.15) is 43.6 Å². The number of rotatable bonds is 8. The van der Waals surface area contributed by atoms with E-state index in [2.05, 4.69) is 41.0 Å². The summed E-state index contributed by atoms with van der Waals surface area (Å²) in [5, 5.41) is 15.2. The van der Waals surface area contributed by atoms with Gasteiger partial charge < -0.3 is 9.72 Å². The van der Waals surface area contributed by atoms with E-state index in [9.17, 15) is 22.8 Å². The molecule has 4 aromatic rings. The lowest BCUT2D eigenvalue weighted by Gasteiger charge is -2.53. The maximum absolute atomic E-state index is 13.5. The number of alkyl halides is 4. The van der Waals surface area contributed by atoms with Gasteiger partial charge in [-0.2, -0.15) is 28.5 Å². The highest BCUT2D eigenvalue weighted by Crippen LogP contribution is 2.39. The van der Waals surface area contributed by atoms with E-state index >= 15 is 0 Å². The number of hydrogen-bond donors (Lipinski definition) is 1. The van der Waals surface area contributed by atoms with E-state index in [0.29, 0.717) is 32.4 Å². The molecule has 230 valence electrons. The zero-order valence-electron chi connectivity index (χ0n) is 23.7. The minimum atomic E-state index is -4.71. The maximum atomic E-state index is 13.5. The Morgan fingerprint density at radius 2 is 1.91 bits per heavy atom. The van der Waals surface area contributed by atoms with Crippen LogP contribution in [-0.2, 0) is 18.3 Å². The van der Waals surface area contributed by atoms with Gasteiger partial charge in [0.1, 0.15) is 29.8 Å². The Balaban J connectivity index is 0.981. The zero-order valence-corrected chi connectivity index (χ0v) is 23.7. The predicted octanol–water partition coefficient (Wildman–Crippen LogP) is 4.10. The lowest BCUT2D eigenvalue weighted by Crippen LogP contribution is -2.65. The third-order valence-electron chi connectivity index (χ3n) is 8.85. The summed E-state index contributed by atoms with van der Waals surface area (Å²) in [5.74, 6) is -1.35. The van der Waals surface area contributed by atoms with Crippen LogP contribution in [0.5, 0.6) is 5.88 Å². The molecule has 4 aromatic heterocycles. The van der Waals surface area contributed by atoms with Gasteiger partial charge in [0.2, 0.25) is 11.7 Å². The van der Waals surface area contributed by atoms with E-state index in [1.54, 1.807) is 11.1 Å². The van der Waals surface area contributed by atoms with Gasteiger partial charge in [-0.05, 0) is 31.7 Å². The van der Waals surface area contributed by atoms with Gasteiger partial charge in [-0.25, -0.2) is 19.3 Å². The number of H-pyrrole nitrogens is 1. The summed E-state index contributed by atoms with van der Waals surface area (Å²) in [7, 11) is 0. The van der Waals surface area contributed by atoms with E-state index in [4.69, 9.17) is 4.74 Å². The van der Waals surface area contributed by atoms with Gasteiger partial charge in [-0.3, -0.25) is 14.5 Å². The molecule has 2 aliphatic heterocycles. The molecule has 3 fully saturated rings. The van der Waals surface area contributed by atoms with Gasteiger partial charge in [-0.15, -0.1) is 0 Å². The first-order valence-electron chi connectivity index (χ1n) is 14.6. The van der Waals surface area contributed by atoms with Crippen LogP contribution in [0.15, 0.2) is 37.1 Å². The third-order valence-corrected chi connectivity index (χ3v) is 8.85. The van der Waals surface area contributed by atoms with Crippen molar-refractivity contribution in [3.05, 3.63) is 48.6 Å². The van der Waals surface area contributed by atoms with Gasteiger partial charge >= 0.3 is 6.18 Å². The van der Waals surface area contributed by atoms with Crippen molar-refractivity contribution in [3.63, 3.8) is 0 Å². The molecule has 44 heavy (non-hydrogen) atoms. The molecule has 0 atom stereocenters. The molecule has 0 bridgehead atoms. The number of aromatic amines is 1. The average Bonchev–Trinajstić information content (AvgIpc) is 3.64. The second-order valence-electron chi connectivity index (χ2n) is 12.0. The van der Waals surface area contributed by atoms with E-state index in [0.717, 1.165) is 35.1 Å². The summed E-state index contributed by atoms with van der Waals surface area (Å²) in [4.78, 5) is 23.1. The van der Waals surface area contributed by atoms with Crippen LogP contribution in [0.25, 0.3) is 22.3 Å². The number of aromatic nitrogens is 7. The van der Waals surface area contributed by atoms with Crippen LogP contribution < -0.4 is 4.74 Å². The van der Waals surface area contributed by atoms with Crippen molar-refractivity contribution in [2.75, 3.05) is 26.2 Å². The third kappa shape index (κ3) is 5.48. The number of ether oxygens (including phenoxy) is 1. The Bertz CT molecular complexity index is 1680. The van der Waals surface area contributed by atoms with E-state index in [1.165, 1.54) is 12.4 Å². The number of likely N-dealkylation sites (tertiary alicyclic amines) is 2. The number of nitriles is 1. The fourth-order valence-electron chi connectivity index (χ4n) is 6.56. The Morgan fingerprint density at radius 1 is 1.11 bits per heavy atom. The van der Waals surface area contributed by atoms with Crippen molar-refractivity contribution in [2.24, 2.45) is 0 Å². The SMILES string of the molecule is N#CCC1(n2cc(-c3ncnc4[nH]ccc34)cn2)CN(C2CCC(Oc3cc(CN4CC(F)C4)nc(C(F)(F)F)n3)CC2)C1. The number of nitrogens with zero attached hydrogens (tertiary/aromatic N) is 9. The molecule has 7 rings (SSSR count). The van der Waals surface area contributed by atoms with Crippen LogP contribution in [0.4, 0.5) is 17.6 Å². The summed E-state index contributed by atoms with van der Waals surface area (Å²) in [5.41, 5.74) is 2.08. The maximum Gasteiger partial charge on any atom is 0.451 e. The highest BCUT2D eigenvalue weighted by molar-refractivity contribution is 5.90. The molecule has 2 saturated heterocycles. The average molecular weight is 611 g/mol. The quantitative estimate of drug-likeness (QED) is 0.294. The van der Waals surface area contributed by atoms with Crippen LogP contribution in [0.3, 0.4) is 0 Å². The summed E-state index contributed by atoms with van der Waals surface area (Å²) in [6.45, 7) is 1.81. The largest absolute Gasteiger partial charge is 0.474 e. The zero-order chi connectivity index (χ0) is 30.5. The molecular weight excluding hydrogens is 580 g/mol. The number of hydrogen-bond acceptors (Lipinski definition) is 9. The van der Waals surface area contributed by atoms with Gasteiger partial charge in [-0.1, -0.05) is 0 Å². The molecular formula is C29H30F4N10O. The smallest absolute Gasteiger partial charge is 0.451 e. The van der Waals surface area contributed by atoms with Crippen LogP contribution >= 0.6 is 0 Å². The van der Waals surface area contributed by atoms with Gasteiger partial charge in [0.15, 0.2) is 0 Å². The Hall–Kier alpha value is -4.16. The normalized spacial score (nSPS) is 22.8. The molecule has 6 heterocycles. The highest BCUT2D eigenvalue weighted by atomic mass is 19.4. The van der Waals surface area contributed by atoms with Crippen LogP contribution in [-0.4, -0.2) is 89.0 Å². The van der Waals surface area contributed by atoms with Crippen molar-refractivity contribution in [1.29, 1.82) is 5.26 Å². The van der Waals surface area contributed by atoms with E-state index in [1.807, 2.05) is 23.1 Å². The molecule has 0 radical (unpaired) electrons. The molecule has 0 spiro atoms. The van der Waals surface area contributed by atoms with Gasteiger partial charge in [0.05, 0.1) is 30.1 Å². The molecule has 1 N–H and O–H groups in total. The standard InChI is InChI=1S/C29H30F4N10O/c30-19-12-41(13-19)14-20-9-24(40-27(39-20)29(31,32)33)44-22-3-1-21(2-4-22)42-15-28(16-42,6-7-34)43-11-18(10-38-43)25-23-5-8-35-26(23)37-17-36-25/h5,8-11,17,19,21-22H,1-4,6,12-16H2,(H,35,36,37). The first-order chi connectivity index (χ1) is 21.2. The second kappa shape index (κ2) is 11.1. The monoisotopic (exact) mass is 610 g/mol. The molecule has 15 heteroatoms. The highest BCUT2D eigenvalue weighted by Gasteiger charge is 2.48. The van der Waals surface area contributed by atoms with Crippen molar-refractivity contribution in [2.45, 2.75) is 68.7 Å². The van der Waals surface area contributed by atoms with Crippen molar-refractivity contribution < 1.29 is 22.3 Å². The molecule has 11 nitrogen and oxygen atoms in total. The molecule has 1 aliphatic carbocycles. The van der Waals surface area contributed by atoms with Crippen molar-refractivity contribution >= 4 is 11.0 Å². The summed E-state index contributed by atoms with van der Waals surface area (Å²) in [6.07, 6.45) is 4.34. The molecule has 0 amide bonds. The van der Waals surface area contributed by atoms with Gasteiger partial charge in [0, 0.05) is 68.2 Å². The Morgan fingerprint density at radius 3 is 2.64 bits per heavy atom. The molecule has 3 aliphatic rings. The first kappa shape index (κ1) is 28.6. The van der Waals surface area contributed by atoms with Crippen molar-refractivity contribution in [1.82, 2.24) is 44.5 Å². The van der Waals surface area contributed by atoms with Crippen molar-refractivity contribution in [3.8, 4) is 23.2 Å². The summed E-state index contributed by atoms with van der Waals surface area (Å²) in [6, 6.07) is 5.95. The lowest BCUT2D eigenvalue weighted by atomic mass is 9.82. The number of fused-ring (bicyclic) bond motifs is 1. The summed E-state index contributed by atoms with van der Waals surface area (Å²) < 4.78 is 61.5. The minimum Gasteiger partial charge on any atom is -0.474 e. The fourth-order valence-corrected chi connectivity index (χ4v) is 6.56. The Labute approximate surface area is 249 Å². The fraction of sp³-hybridized carbons (Fsp3) is 0.517. The van der Waals surface area contributed by atoms with Crippen LogP contribution in [0, 0.1) is 11.3 Å². The van der Waals surface area contributed by atoms with Gasteiger partial charge in [0.25, 0.3) is 0 Å². The second-order valence-corrected chi connectivity index (χ2v) is 12.0. The minimum absolute atomic E-state index is 0.102. The number of halogens is 4. The lowest BCUT2D eigenvalue weighted by molar-refractivity contribution is -0.145.